The lowest BCUT2D eigenvalue weighted by atomic mass is 9.90. The van der Waals surface area contributed by atoms with E-state index in [0.717, 1.165) is 18.4 Å². The lowest BCUT2D eigenvalue weighted by Crippen LogP contribution is -2.39. The van der Waals surface area contributed by atoms with Crippen LogP contribution in [0.5, 0.6) is 0 Å². The number of halogens is 2. The maximum Gasteiger partial charge on any atom is 0.227 e. The Morgan fingerprint density at radius 3 is 2.54 bits per heavy atom. The Hall–Kier alpha value is -2.70. The van der Waals surface area contributed by atoms with Crippen molar-refractivity contribution in [3.8, 4) is 0 Å². The van der Waals surface area contributed by atoms with Crippen molar-refractivity contribution in [2.45, 2.75) is 32.1 Å². The Bertz CT molecular complexity index is 813. The van der Waals surface area contributed by atoms with Crippen LogP contribution in [-0.2, 0) is 11.2 Å². The molecule has 5 nitrogen and oxygen atoms in total. The molecule has 26 heavy (non-hydrogen) atoms. The van der Waals surface area contributed by atoms with Crippen LogP contribution in [0.15, 0.2) is 24.4 Å². The first kappa shape index (κ1) is 18.1. The molecule has 0 bridgehead atoms. The number of aldehydes is 1. The Labute approximate surface area is 150 Å². The van der Waals surface area contributed by atoms with E-state index >= 15 is 0 Å². The normalized spacial score (nSPS) is 15.1. The monoisotopic (exact) mass is 359 g/mol. The van der Waals surface area contributed by atoms with E-state index in [4.69, 9.17) is 0 Å². The van der Waals surface area contributed by atoms with Crippen LogP contribution in [0.2, 0.25) is 0 Å². The van der Waals surface area contributed by atoms with Gasteiger partial charge in [-0.1, -0.05) is 6.07 Å². The van der Waals surface area contributed by atoms with Gasteiger partial charge in [0.2, 0.25) is 5.91 Å². The van der Waals surface area contributed by atoms with Crippen LogP contribution in [0.1, 0.15) is 46.2 Å². The maximum absolute atomic E-state index is 13.7. The number of carbonyl (C=O) groups is 2. The minimum absolute atomic E-state index is 0.0612. The number of hydrogen-bond acceptors (Lipinski definition) is 4. The SMILES string of the molecule is Cc1ncc(C=O)c(C2CCN(C(=O)Cc3c(F)cccc3F)CC2)n1. The fourth-order valence-corrected chi connectivity index (χ4v) is 3.28. The molecule has 1 saturated heterocycles. The van der Waals surface area contributed by atoms with E-state index in [2.05, 4.69) is 9.97 Å². The molecular formula is C19H19F2N3O2. The summed E-state index contributed by atoms with van der Waals surface area (Å²) in [5, 5.41) is 0. The van der Waals surface area contributed by atoms with Gasteiger partial charge in [0.05, 0.1) is 17.7 Å². The van der Waals surface area contributed by atoms with E-state index in [1.807, 2.05) is 0 Å². The number of aromatic nitrogens is 2. The second-order valence-electron chi connectivity index (χ2n) is 6.41. The number of likely N-dealkylation sites (tertiary alicyclic amines) is 1. The van der Waals surface area contributed by atoms with Crippen molar-refractivity contribution >= 4 is 12.2 Å². The standard InChI is InChI=1S/C19H19F2N3O2/c1-12-22-10-14(11-25)19(23-12)13-5-7-24(8-6-13)18(26)9-15-16(20)3-2-4-17(15)21/h2-4,10-11,13H,5-9H2,1H3. The molecule has 0 aliphatic carbocycles. The maximum atomic E-state index is 13.7. The molecule has 0 N–H and O–H groups in total. The molecule has 136 valence electrons. The van der Waals surface area contributed by atoms with Gasteiger partial charge in [-0.3, -0.25) is 9.59 Å². The van der Waals surface area contributed by atoms with Crippen LogP contribution in [0.4, 0.5) is 8.78 Å². The summed E-state index contributed by atoms with van der Waals surface area (Å²) >= 11 is 0. The highest BCUT2D eigenvalue weighted by Crippen LogP contribution is 2.29. The molecule has 1 amide bonds. The molecule has 2 aromatic rings. The number of amides is 1. The van der Waals surface area contributed by atoms with Gasteiger partial charge in [0.15, 0.2) is 6.29 Å². The zero-order valence-corrected chi connectivity index (χ0v) is 14.4. The Balaban J connectivity index is 1.66. The van der Waals surface area contributed by atoms with Crippen molar-refractivity contribution in [3.63, 3.8) is 0 Å². The third-order valence-electron chi connectivity index (χ3n) is 4.72. The lowest BCUT2D eigenvalue weighted by Gasteiger charge is -2.32. The molecule has 2 heterocycles. The van der Waals surface area contributed by atoms with Crippen LogP contribution in [-0.4, -0.2) is 40.2 Å². The third kappa shape index (κ3) is 3.76. The van der Waals surface area contributed by atoms with Crippen LogP contribution in [0.3, 0.4) is 0 Å². The number of hydrogen-bond donors (Lipinski definition) is 0. The molecule has 0 saturated carbocycles. The molecule has 3 rings (SSSR count). The Kier molecular flexibility index (Phi) is 5.35. The van der Waals surface area contributed by atoms with Crippen molar-refractivity contribution in [2.24, 2.45) is 0 Å². The van der Waals surface area contributed by atoms with E-state index in [1.54, 1.807) is 11.8 Å². The zero-order valence-electron chi connectivity index (χ0n) is 14.4. The first-order valence-corrected chi connectivity index (χ1v) is 8.49. The molecule has 0 spiro atoms. The van der Waals surface area contributed by atoms with Gasteiger partial charge in [-0.25, -0.2) is 18.7 Å². The van der Waals surface area contributed by atoms with E-state index in [1.165, 1.54) is 12.3 Å². The van der Waals surface area contributed by atoms with Gasteiger partial charge in [-0.05, 0) is 31.9 Å². The van der Waals surface area contributed by atoms with Gasteiger partial charge >= 0.3 is 0 Å². The highest BCUT2D eigenvalue weighted by Gasteiger charge is 2.27. The van der Waals surface area contributed by atoms with E-state index in [0.29, 0.717) is 43.0 Å². The lowest BCUT2D eigenvalue weighted by molar-refractivity contribution is -0.131. The smallest absolute Gasteiger partial charge is 0.227 e. The number of aryl methyl sites for hydroxylation is 1. The summed E-state index contributed by atoms with van der Waals surface area (Å²) in [5.74, 6) is -1.06. The fourth-order valence-electron chi connectivity index (χ4n) is 3.28. The number of benzene rings is 1. The Morgan fingerprint density at radius 2 is 1.92 bits per heavy atom. The van der Waals surface area contributed by atoms with E-state index < -0.39 is 11.6 Å². The first-order chi connectivity index (χ1) is 12.5. The fraction of sp³-hybridized carbons (Fsp3) is 0.368. The number of nitrogens with zero attached hydrogens (tertiary/aromatic N) is 3. The molecule has 1 aromatic heterocycles. The predicted octanol–water partition coefficient (Wildman–Crippen LogP) is 2.82. The van der Waals surface area contributed by atoms with Crippen molar-refractivity contribution in [3.05, 3.63) is 58.7 Å². The van der Waals surface area contributed by atoms with Gasteiger partial charge < -0.3 is 4.90 Å². The van der Waals surface area contributed by atoms with Crippen LogP contribution in [0.25, 0.3) is 0 Å². The highest BCUT2D eigenvalue weighted by molar-refractivity contribution is 5.79. The van der Waals surface area contributed by atoms with Gasteiger partial charge in [0.25, 0.3) is 0 Å². The summed E-state index contributed by atoms with van der Waals surface area (Å²) in [6, 6.07) is 3.57. The van der Waals surface area contributed by atoms with Crippen molar-refractivity contribution in [1.29, 1.82) is 0 Å². The predicted molar refractivity (Wildman–Crippen MR) is 90.8 cm³/mol. The molecule has 1 aliphatic rings. The summed E-state index contributed by atoms with van der Waals surface area (Å²) in [6.45, 7) is 2.68. The summed E-state index contributed by atoms with van der Waals surface area (Å²) in [4.78, 5) is 33.6. The Morgan fingerprint density at radius 1 is 1.27 bits per heavy atom. The molecule has 0 radical (unpaired) electrons. The first-order valence-electron chi connectivity index (χ1n) is 8.49. The minimum atomic E-state index is -0.708. The molecular weight excluding hydrogens is 340 g/mol. The number of piperidine rings is 1. The average Bonchev–Trinajstić information content (AvgIpc) is 2.65. The largest absolute Gasteiger partial charge is 0.342 e. The van der Waals surface area contributed by atoms with Gasteiger partial charge in [-0.2, -0.15) is 0 Å². The van der Waals surface area contributed by atoms with Gasteiger partial charge in [-0.15, -0.1) is 0 Å². The second kappa shape index (κ2) is 7.68. The molecule has 7 heteroatoms. The van der Waals surface area contributed by atoms with E-state index in [-0.39, 0.29) is 23.8 Å². The average molecular weight is 359 g/mol. The molecule has 1 aromatic carbocycles. The van der Waals surface area contributed by atoms with Gasteiger partial charge in [0, 0.05) is 30.8 Å². The summed E-state index contributed by atoms with van der Waals surface area (Å²) < 4.78 is 27.4. The molecule has 1 fully saturated rings. The molecule has 0 unspecified atom stereocenters. The van der Waals surface area contributed by atoms with Crippen LogP contribution < -0.4 is 0 Å². The quantitative estimate of drug-likeness (QED) is 0.788. The number of carbonyl (C=O) groups excluding carboxylic acids is 2. The van der Waals surface area contributed by atoms with Crippen LogP contribution in [0, 0.1) is 18.6 Å². The molecule has 1 aliphatic heterocycles. The third-order valence-corrected chi connectivity index (χ3v) is 4.72. The topological polar surface area (TPSA) is 63.2 Å². The summed E-state index contributed by atoms with van der Waals surface area (Å²) in [6.07, 6.45) is 3.25. The van der Waals surface area contributed by atoms with Crippen molar-refractivity contribution in [2.75, 3.05) is 13.1 Å². The summed E-state index contributed by atoms with van der Waals surface area (Å²) in [5.41, 5.74) is 0.975. The molecule has 0 atom stereocenters. The van der Waals surface area contributed by atoms with Crippen molar-refractivity contribution < 1.29 is 18.4 Å². The van der Waals surface area contributed by atoms with Crippen molar-refractivity contribution in [1.82, 2.24) is 14.9 Å². The minimum Gasteiger partial charge on any atom is -0.342 e. The van der Waals surface area contributed by atoms with Crippen LogP contribution >= 0.6 is 0 Å². The zero-order chi connectivity index (χ0) is 18.7. The van der Waals surface area contributed by atoms with Gasteiger partial charge in [0.1, 0.15) is 17.5 Å². The highest BCUT2D eigenvalue weighted by atomic mass is 19.1. The summed E-state index contributed by atoms with van der Waals surface area (Å²) in [7, 11) is 0. The van der Waals surface area contributed by atoms with E-state index in [9.17, 15) is 18.4 Å². The number of rotatable bonds is 4. The second-order valence-corrected chi connectivity index (χ2v) is 6.41.